The topological polar surface area (TPSA) is 64.4 Å². The molecule has 0 bridgehead atoms. The maximum absolute atomic E-state index is 12.4. The maximum Gasteiger partial charge on any atom is 0.338 e. The van der Waals surface area contributed by atoms with Crippen LogP contribution in [0, 0.1) is 13.8 Å². The molecule has 6 heteroatoms. The normalized spacial score (nSPS) is 10.6. The Bertz CT molecular complexity index is 978. The molecule has 0 atom stereocenters. The number of rotatable bonds is 7. The lowest BCUT2D eigenvalue weighted by Crippen LogP contribution is -2.34. The Labute approximate surface area is 170 Å². The van der Waals surface area contributed by atoms with E-state index in [9.17, 15) is 9.59 Å². The fraction of sp³-hybridized carbons (Fsp3) is 0.261. The van der Waals surface area contributed by atoms with E-state index in [1.165, 1.54) is 0 Å². The van der Waals surface area contributed by atoms with Gasteiger partial charge in [-0.3, -0.25) is 4.79 Å². The summed E-state index contributed by atoms with van der Waals surface area (Å²) in [4.78, 5) is 26.4. The Balaban J connectivity index is 1.58. The van der Waals surface area contributed by atoms with Gasteiger partial charge in [0.15, 0.2) is 6.61 Å². The number of esters is 1. The van der Waals surface area contributed by atoms with Gasteiger partial charge in [-0.05, 0) is 56.7 Å². The van der Waals surface area contributed by atoms with Crippen LogP contribution < -0.4 is 0 Å². The Morgan fingerprint density at radius 1 is 1.03 bits per heavy atom. The van der Waals surface area contributed by atoms with E-state index in [2.05, 4.69) is 5.10 Å². The van der Waals surface area contributed by atoms with E-state index in [1.807, 2.05) is 74.0 Å². The van der Waals surface area contributed by atoms with Gasteiger partial charge < -0.3 is 9.64 Å². The van der Waals surface area contributed by atoms with Gasteiger partial charge in [-0.2, -0.15) is 5.10 Å². The SMILES string of the molecule is CCN(Cc1ccccc1)C(=O)COC(=O)c1ccc(-n2nc(C)cc2C)cc1. The average molecular weight is 391 g/mol. The van der Waals surface area contributed by atoms with Crippen molar-refractivity contribution >= 4 is 11.9 Å². The van der Waals surface area contributed by atoms with Crippen LogP contribution in [0.15, 0.2) is 60.7 Å². The first-order valence-electron chi connectivity index (χ1n) is 9.60. The van der Waals surface area contributed by atoms with Crippen LogP contribution in [-0.4, -0.2) is 39.7 Å². The van der Waals surface area contributed by atoms with Crippen molar-refractivity contribution in [2.75, 3.05) is 13.2 Å². The third-order valence-corrected chi connectivity index (χ3v) is 4.63. The second-order valence-electron chi connectivity index (χ2n) is 6.86. The van der Waals surface area contributed by atoms with Gasteiger partial charge in [-0.1, -0.05) is 30.3 Å². The fourth-order valence-corrected chi connectivity index (χ4v) is 3.11. The van der Waals surface area contributed by atoms with E-state index in [0.717, 1.165) is 22.6 Å². The lowest BCUT2D eigenvalue weighted by molar-refractivity contribution is -0.134. The van der Waals surface area contributed by atoms with E-state index < -0.39 is 5.97 Å². The monoisotopic (exact) mass is 391 g/mol. The molecular formula is C23H25N3O3. The molecule has 0 aliphatic carbocycles. The second-order valence-corrected chi connectivity index (χ2v) is 6.86. The number of carbonyl (C=O) groups excluding carboxylic acids is 2. The average Bonchev–Trinajstić information content (AvgIpc) is 3.08. The third kappa shape index (κ3) is 5.10. The van der Waals surface area contributed by atoms with E-state index in [-0.39, 0.29) is 12.5 Å². The summed E-state index contributed by atoms with van der Waals surface area (Å²) < 4.78 is 7.05. The van der Waals surface area contributed by atoms with Crippen molar-refractivity contribution in [3.8, 4) is 5.69 Å². The first-order chi connectivity index (χ1) is 14.0. The molecule has 1 heterocycles. The second kappa shape index (κ2) is 9.19. The van der Waals surface area contributed by atoms with E-state index in [1.54, 1.807) is 17.0 Å². The summed E-state index contributed by atoms with van der Waals surface area (Å²) in [5.74, 6) is -0.738. The molecule has 0 saturated heterocycles. The molecule has 0 aliphatic heterocycles. The molecule has 2 aromatic carbocycles. The van der Waals surface area contributed by atoms with Crippen LogP contribution in [0.4, 0.5) is 0 Å². The number of aryl methyl sites for hydroxylation is 2. The van der Waals surface area contributed by atoms with Crippen molar-refractivity contribution in [3.05, 3.63) is 83.2 Å². The standard InChI is InChI=1S/C23H25N3O3/c1-4-25(15-19-8-6-5-7-9-19)22(27)16-29-23(28)20-10-12-21(13-11-20)26-18(3)14-17(2)24-26/h5-14H,4,15-16H2,1-3H3. The highest BCUT2D eigenvalue weighted by Crippen LogP contribution is 2.14. The molecular weight excluding hydrogens is 366 g/mol. The van der Waals surface area contributed by atoms with Gasteiger partial charge in [-0.15, -0.1) is 0 Å². The summed E-state index contributed by atoms with van der Waals surface area (Å²) >= 11 is 0. The molecule has 0 spiro atoms. The van der Waals surface area contributed by atoms with Gasteiger partial charge >= 0.3 is 5.97 Å². The largest absolute Gasteiger partial charge is 0.452 e. The minimum atomic E-state index is -0.519. The van der Waals surface area contributed by atoms with Crippen LogP contribution >= 0.6 is 0 Å². The number of carbonyl (C=O) groups is 2. The molecule has 150 valence electrons. The van der Waals surface area contributed by atoms with Gasteiger partial charge in [0.2, 0.25) is 0 Å². The van der Waals surface area contributed by atoms with Gasteiger partial charge in [0.1, 0.15) is 0 Å². The lowest BCUT2D eigenvalue weighted by Gasteiger charge is -2.20. The molecule has 0 radical (unpaired) electrons. The van der Waals surface area contributed by atoms with Gasteiger partial charge in [0.25, 0.3) is 5.91 Å². The van der Waals surface area contributed by atoms with Crippen molar-refractivity contribution in [2.45, 2.75) is 27.3 Å². The molecule has 0 N–H and O–H groups in total. The Morgan fingerprint density at radius 3 is 2.31 bits per heavy atom. The van der Waals surface area contributed by atoms with Gasteiger partial charge in [-0.25, -0.2) is 9.48 Å². The minimum absolute atomic E-state index is 0.219. The van der Waals surface area contributed by atoms with Gasteiger partial charge in [0.05, 0.1) is 16.9 Å². The number of hydrogen-bond donors (Lipinski definition) is 0. The van der Waals surface area contributed by atoms with Crippen molar-refractivity contribution in [1.82, 2.24) is 14.7 Å². The molecule has 6 nitrogen and oxygen atoms in total. The number of likely N-dealkylation sites (N-methyl/N-ethyl adjacent to an activating group) is 1. The zero-order chi connectivity index (χ0) is 20.8. The Kier molecular flexibility index (Phi) is 6.44. The fourth-order valence-electron chi connectivity index (χ4n) is 3.11. The van der Waals surface area contributed by atoms with E-state index >= 15 is 0 Å². The maximum atomic E-state index is 12.4. The van der Waals surface area contributed by atoms with Crippen LogP contribution in [0.3, 0.4) is 0 Å². The highest BCUT2D eigenvalue weighted by atomic mass is 16.5. The lowest BCUT2D eigenvalue weighted by atomic mass is 10.2. The molecule has 3 aromatic rings. The number of hydrogen-bond acceptors (Lipinski definition) is 4. The number of ether oxygens (including phenoxy) is 1. The molecule has 0 aliphatic rings. The summed E-state index contributed by atoms with van der Waals surface area (Å²) in [5.41, 5.74) is 4.24. The first-order valence-corrected chi connectivity index (χ1v) is 9.60. The summed E-state index contributed by atoms with van der Waals surface area (Å²) in [6.45, 7) is 6.57. The zero-order valence-electron chi connectivity index (χ0n) is 17.0. The Hall–Kier alpha value is -3.41. The molecule has 0 unspecified atom stereocenters. The summed E-state index contributed by atoms with van der Waals surface area (Å²) in [7, 11) is 0. The molecule has 0 fully saturated rings. The highest BCUT2D eigenvalue weighted by Gasteiger charge is 2.16. The molecule has 3 rings (SSSR count). The third-order valence-electron chi connectivity index (χ3n) is 4.63. The number of amides is 1. The van der Waals surface area contributed by atoms with Crippen molar-refractivity contribution in [2.24, 2.45) is 0 Å². The zero-order valence-corrected chi connectivity index (χ0v) is 17.0. The van der Waals surface area contributed by atoms with E-state index in [4.69, 9.17) is 4.74 Å². The van der Waals surface area contributed by atoms with Crippen LogP contribution in [0.2, 0.25) is 0 Å². The number of nitrogens with zero attached hydrogens (tertiary/aromatic N) is 3. The van der Waals surface area contributed by atoms with Crippen molar-refractivity contribution < 1.29 is 14.3 Å². The minimum Gasteiger partial charge on any atom is -0.452 e. The van der Waals surface area contributed by atoms with Crippen molar-refractivity contribution in [3.63, 3.8) is 0 Å². The molecule has 1 amide bonds. The van der Waals surface area contributed by atoms with Crippen LogP contribution in [0.25, 0.3) is 5.69 Å². The van der Waals surface area contributed by atoms with Crippen LogP contribution in [0.1, 0.15) is 34.2 Å². The van der Waals surface area contributed by atoms with E-state index in [0.29, 0.717) is 18.7 Å². The Morgan fingerprint density at radius 2 is 1.72 bits per heavy atom. The highest BCUT2D eigenvalue weighted by molar-refractivity contribution is 5.91. The number of aromatic nitrogens is 2. The van der Waals surface area contributed by atoms with Crippen LogP contribution in [0.5, 0.6) is 0 Å². The van der Waals surface area contributed by atoms with Crippen LogP contribution in [-0.2, 0) is 16.1 Å². The van der Waals surface area contributed by atoms with Gasteiger partial charge in [0, 0.05) is 18.8 Å². The number of benzene rings is 2. The quantitative estimate of drug-likeness (QED) is 0.576. The predicted molar refractivity (Wildman–Crippen MR) is 111 cm³/mol. The smallest absolute Gasteiger partial charge is 0.338 e. The molecule has 0 saturated carbocycles. The first kappa shape index (κ1) is 20.3. The summed E-state index contributed by atoms with van der Waals surface area (Å²) in [5, 5.41) is 4.43. The summed E-state index contributed by atoms with van der Waals surface area (Å²) in [6.07, 6.45) is 0. The predicted octanol–water partition coefficient (Wildman–Crippen LogP) is 3.69. The summed E-state index contributed by atoms with van der Waals surface area (Å²) in [6, 6.07) is 18.7. The molecule has 1 aromatic heterocycles. The van der Waals surface area contributed by atoms with Crippen molar-refractivity contribution in [1.29, 1.82) is 0 Å². The molecule has 29 heavy (non-hydrogen) atoms.